The summed E-state index contributed by atoms with van der Waals surface area (Å²) in [5, 5.41) is 6.30. The number of rotatable bonds is 5. The Morgan fingerprint density at radius 2 is 2.04 bits per heavy atom. The maximum Gasteiger partial charge on any atom is 0.318 e. The van der Waals surface area contributed by atoms with E-state index in [1.807, 2.05) is 47.4 Å². The van der Waals surface area contributed by atoms with E-state index in [4.69, 9.17) is 4.74 Å². The summed E-state index contributed by atoms with van der Waals surface area (Å²) in [5.41, 5.74) is 1.09. The summed E-state index contributed by atoms with van der Waals surface area (Å²) in [7, 11) is 0. The number of ether oxygens (including phenoxy) is 1. The van der Waals surface area contributed by atoms with Gasteiger partial charge in [0.15, 0.2) is 0 Å². The fourth-order valence-electron chi connectivity index (χ4n) is 2.68. The van der Waals surface area contributed by atoms with Gasteiger partial charge < -0.3 is 20.3 Å². The molecule has 142 valence electrons. The molecular formula is C18H24Cl2N4O2. The minimum atomic E-state index is -0.0554. The number of urea groups is 1. The number of amides is 2. The molecule has 6 nitrogen and oxygen atoms in total. The van der Waals surface area contributed by atoms with Gasteiger partial charge in [-0.1, -0.05) is 30.3 Å². The van der Waals surface area contributed by atoms with Crippen molar-refractivity contribution in [1.29, 1.82) is 0 Å². The highest BCUT2D eigenvalue weighted by atomic mass is 35.5. The lowest BCUT2D eigenvalue weighted by Gasteiger charge is -2.35. The maximum atomic E-state index is 12.5. The van der Waals surface area contributed by atoms with Crippen LogP contribution in [0.15, 0.2) is 54.9 Å². The highest BCUT2D eigenvalue weighted by molar-refractivity contribution is 5.85. The molecule has 1 fully saturated rings. The molecule has 1 aliphatic rings. The van der Waals surface area contributed by atoms with E-state index in [1.165, 1.54) is 0 Å². The molecule has 2 amide bonds. The van der Waals surface area contributed by atoms with Gasteiger partial charge in [-0.05, 0) is 17.7 Å². The Balaban J connectivity index is 0.00000169. The Labute approximate surface area is 166 Å². The molecule has 1 aromatic carbocycles. The summed E-state index contributed by atoms with van der Waals surface area (Å²) in [5.74, 6) is 0.715. The number of benzene rings is 1. The summed E-state index contributed by atoms with van der Waals surface area (Å²) in [6, 6.07) is 13.5. The Morgan fingerprint density at radius 3 is 2.77 bits per heavy atom. The van der Waals surface area contributed by atoms with E-state index in [1.54, 1.807) is 12.4 Å². The molecule has 26 heavy (non-hydrogen) atoms. The van der Waals surface area contributed by atoms with Crippen molar-refractivity contribution in [2.45, 2.75) is 12.6 Å². The molecule has 0 aliphatic carbocycles. The van der Waals surface area contributed by atoms with Crippen LogP contribution in [0.1, 0.15) is 5.56 Å². The maximum absolute atomic E-state index is 12.5. The second-order valence-corrected chi connectivity index (χ2v) is 5.70. The van der Waals surface area contributed by atoms with E-state index in [0.717, 1.165) is 18.7 Å². The van der Waals surface area contributed by atoms with Gasteiger partial charge in [0.1, 0.15) is 12.4 Å². The number of halogens is 2. The summed E-state index contributed by atoms with van der Waals surface area (Å²) in [6.07, 6.45) is 3.38. The van der Waals surface area contributed by atoms with Crippen molar-refractivity contribution in [1.82, 2.24) is 20.5 Å². The number of hydrogen-bond acceptors (Lipinski definition) is 4. The van der Waals surface area contributed by atoms with Gasteiger partial charge in [-0.15, -0.1) is 24.8 Å². The first-order valence-electron chi connectivity index (χ1n) is 8.15. The molecule has 8 heteroatoms. The molecule has 3 rings (SSSR count). The average Bonchev–Trinajstić information content (AvgIpc) is 2.66. The van der Waals surface area contributed by atoms with Gasteiger partial charge in [-0.3, -0.25) is 4.98 Å². The summed E-state index contributed by atoms with van der Waals surface area (Å²) >= 11 is 0. The van der Waals surface area contributed by atoms with Crippen LogP contribution in [-0.4, -0.2) is 48.2 Å². The van der Waals surface area contributed by atoms with Gasteiger partial charge in [-0.25, -0.2) is 4.79 Å². The average molecular weight is 399 g/mol. The Kier molecular flexibility index (Phi) is 9.80. The van der Waals surface area contributed by atoms with E-state index >= 15 is 0 Å². The van der Waals surface area contributed by atoms with E-state index in [9.17, 15) is 4.79 Å². The SMILES string of the molecule is Cl.Cl.O=C(NCc1ccccc1)N1CCNCC1COc1cccnc1. The van der Waals surface area contributed by atoms with E-state index in [2.05, 4.69) is 15.6 Å². The molecule has 0 bridgehead atoms. The van der Waals surface area contributed by atoms with Gasteiger partial charge in [0.05, 0.1) is 12.2 Å². The van der Waals surface area contributed by atoms with Crippen molar-refractivity contribution in [2.24, 2.45) is 0 Å². The van der Waals surface area contributed by atoms with Crippen molar-refractivity contribution >= 4 is 30.8 Å². The number of piperazine rings is 1. The van der Waals surface area contributed by atoms with Crippen LogP contribution in [0.2, 0.25) is 0 Å². The fourth-order valence-corrected chi connectivity index (χ4v) is 2.68. The summed E-state index contributed by atoms with van der Waals surface area (Å²) in [4.78, 5) is 18.4. The molecule has 1 saturated heterocycles. The highest BCUT2D eigenvalue weighted by Gasteiger charge is 2.27. The minimum absolute atomic E-state index is 0. The van der Waals surface area contributed by atoms with E-state index in [0.29, 0.717) is 25.4 Å². The first-order chi connectivity index (χ1) is 11.8. The number of carbonyl (C=O) groups excluding carboxylic acids is 1. The smallest absolute Gasteiger partial charge is 0.318 e. The number of nitrogens with zero attached hydrogens (tertiary/aromatic N) is 2. The Bertz CT molecular complexity index is 646. The highest BCUT2D eigenvalue weighted by Crippen LogP contribution is 2.10. The zero-order valence-corrected chi connectivity index (χ0v) is 16.0. The molecule has 1 atom stereocenters. The second-order valence-electron chi connectivity index (χ2n) is 5.70. The number of pyridine rings is 1. The first-order valence-corrected chi connectivity index (χ1v) is 8.15. The molecular weight excluding hydrogens is 375 g/mol. The van der Waals surface area contributed by atoms with Gasteiger partial charge in [0.25, 0.3) is 0 Å². The molecule has 1 aliphatic heterocycles. The van der Waals surface area contributed by atoms with Gasteiger partial charge in [-0.2, -0.15) is 0 Å². The molecule has 2 N–H and O–H groups in total. The third-order valence-electron chi connectivity index (χ3n) is 3.97. The number of nitrogens with one attached hydrogen (secondary N) is 2. The van der Waals surface area contributed by atoms with Crippen LogP contribution in [0, 0.1) is 0 Å². The normalized spacial score (nSPS) is 16.0. The third kappa shape index (κ3) is 6.37. The summed E-state index contributed by atoms with van der Waals surface area (Å²) < 4.78 is 5.76. The first kappa shape index (κ1) is 22.0. The fraction of sp³-hybridized carbons (Fsp3) is 0.333. The van der Waals surface area contributed by atoms with Crippen molar-refractivity contribution in [2.75, 3.05) is 26.2 Å². The van der Waals surface area contributed by atoms with Crippen LogP contribution in [0.25, 0.3) is 0 Å². The quantitative estimate of drug-likeness (QED) is 0.811. The van der Waals surface area contributed by atoms with Crippen LogP contribution in [0.3, 0.4) is 0 Å². The van der Waals surface area contributed by atoms with Crippen molar-refractivity contribution in [3.8, 4) is 5.75 Å². The molecule has 2 aromatic rings. The van der Waals surface area contributed by atoms with Crippen LogP contribution < -0.4 is 15.4 Å². The Hall–Kier alpha value is -2.02. The predicted molar refractivity (Wildman–Crippen MR) is 106 cm³/mol. The largest absolute Gasteiger partial charge is 0.490 e. The lowest BCUT2D eigenvalue weighted by molar-refractivity contribution is 0.124. The third-order valence-corrected chi connectivity index (χ3v) is 3.97. The molecule has 2 heterocycles. The predicted octanol–water partition coefficient (Wildman–Crippen LogP) is 2.49. The van der Waals surface area contributed by atoms with Crippen LogP contribution in [0.5, 0.6) is 5.75 Å². The molecule has 0 spiro atoms. The van der Waals surface area contributed by atoms with Crippen LogP contribution in [-0.2, 0) is 6.54 Å². The number of carbonyl (C=O) groups is 1. The molecule has 1 aromatic heterocycles. The van der Waals surface area contributed by atoms with Gasteiger partial charge in [0.2, 0.25) is 0 Å². The monoisotopic (exact) mass is 398 g/mol. The van der Waals surface area contributed by atoms with Gasteiger partial charge in [0, 0.05) is 32.4 Å². The molecule has 1 unspecified atom stereocenters. The number of aromatic nitrogens is 1. The zero-order chi connectivity index (χ0) is 16.6. The standard InChI is InChI=1S/C18H22N4O2.2ClH/c23-18(21-11-15-5-2-1-3-6-15)22-10-9-20-12-16(22)14-24-17-7-4-8-19-13-17;;/h1-8,13,16,20H,9-12,14H2,(H,21,23);2*1H. The van der Waals surface area contributed by atoms with Gasteiger partial charge >= 0.3 is 6.03 Å². The van der Waals surface area contributed by atoms with E-state index < -0.39 is 0 Å². The van der Waals surface area contributed by atoms with Crippen molar-refractivity contribution in [3.05, 3.63) is 60.4 Å². The summed E-state index contributed by atoms with van der Waals surface area (Å²) in [6.45, 7) is 3.15. The Morgan fingerprint density at radius 1 is 1.23 bits per heavy atom. The van der Waals surface area contributed by atoms with E-state index in [-0.39, 0.29) is 36.9 Å². The molecule has 0 saturated carbocycles. The molecule has 0 radical (unpaired) electrons. The van der Waals surface area contributed by atoms with Crippen LogP contribution in [0.4, 0.5) is 4.79 Å². The zero-order valence-electron chi connectivity index (χ0n) is 14.3. The van der Waals surface area contributed by atoms with Crippen molar-refractivity contribution in [3.63, 3.8) is 0 Å². The second kappa shape index (κ2) is 11.6. The van der Waals surface area contributed by atoms with Crippen molar-refractivity contribution < 1.29 is 9.53 Å². The lowest BCUT2D eigenvalue weighted by Crippen LogP contribution is -2.58. The topological polar surface area (TPSA) is 66.5 Å². The van der Waals surface area contributed by atoms with Crippen LogP contribution >= 0.6 is 24.8 Å². The minimum Gasteiger partial charge on any atom is -0.490 e. The number of hydrogen-bond donors (Lipinski definition) is 2. The lowest BCUT2D eigenvalue weighted by atomic mass is 10.2.